The number of nitrogens with zero attached hydrogens (tertiary/aromatic N) is 3. The Labute approximate surface area is 138 Å². The number of H-pyrrole nitrogens is 1. The monoisotopic (exact) mass is 344 g/mol. The van der Waals surface area contributed by atoms with Crippen LogP contribution in [0.15, 0.2) is 47.5 Å². The molecule has 0 spiro atoms. The Bertz CT molecular complexity index is 1170. The largest absolute Gasteiger partial charge is 0.433 e. The minimum atomic E-state index is -4.61. The zero-order valence-corrected chi connectivity index (χ0v) is 12.9. The second-order valence-electron chi connectivity index (χ2n) is 5.62. The molecule has 1 aromatic carbocycles. The molecule has 25 heavy (non-hydrogen) atoms. The topological polar surface area (TPSA) is 63.6 Å². The van der Waals surface area contributed by atoms with Gasteiger partial charge < -0.3 is 4.98 Å². The van der Waals surface area contributed by atoms with Crippen molar-refractivity contribution in [3.8, 4) is 5.69 Å². The molecule has 3 aromatic heterocycles. The zero-order valence-electron chi connectivity index (χ0n) is 12.9. The van der Waals surface area contributed by atoms with Gasteiger partial charge in [-0.3, -0.25) is 9.36 Å². The van der Waals surface area contributed by atoms with Crippen LogP contribution >= 0.6 is 0 Å². The van der Waals surface area contributed by atoms with Gasteiger partial charge in [0.15, 0.2) is 0 Å². The van der Waals surface area contributed by atoms with Crippen LogP contribution in [-0.2, 0) is 6.18 Å². The number of halogens is 3. The van der Waals surface area contributed by atoms with Crippen molar-refractivity contribution in [3.63, 3.8) is 0 Å². The van der Waals surface area contributed by atoms with Gasteiger partial charge in [-0.25, -0.2) is 9.97 Å². The number of rotatable bonds is 1. The number of fused-ring (bicyclic) bond motifs is 3. The second-order valence-corrected chi connectivity index (χ2v) is 5.62. The van der Waals surface area contributed by atoms with Crippen molar-refractivity contribution in [2.24, 2.45) is 0 Å². The molecule has 0 atom stereocenters. The van der Waals surface area contributed by atoms with Crippen LogP contribution in [0.2, 0.25) is 0 Å². The van der Waals surface area contributed by atoms with Crippen LogP contribution in [0.4, 0.5) is 13.2 Å². The van der Waals surface area contributed by atoms with E-state index in [1.807, 2.05) is 0 Å². The molecule has 126 valence electrons. The normalized spacial score (nSPS) is 12.2. The molecule has 0 aliphatic carbocycles. The summed E-state index contributed by atoms with van der Waals surface area (Å²) >= 11 is 0. The van der Waals surface area contributed by atoms with E-state index >= 15 is 0 Å². The second kappa shape index (κ2) is 5.17. The molecular weight excluding hydrogens is 333 g/mol. The first kappa shape index (κ1) is 15.4. The molecule has 0 unspecified atom stereocenters. The van der Waals surface area contributed by atoms with E-state index in [2.05, 4.69) is 15.0 Å². The first-order chi connectivity index (χ1) is 11.9. The van der Waals surface area contributed by atoms with Gasteiger partial charge in [-0.2, -0.15) is 13.2 Å². The minimum absolute atomic E-state index is 0.0753. The number of aromatic amines is 1. The maximum absolute atomic E-state index is 13.1. The molecule has 8 heteroatoms. The summed E-state index contributed by atoms with van der Waals surface area (Å²) in [6, 6.07) is 9.13. The number of aryl methyl sites for hydroxylation is 1. The maximum Gasteiger partial charge on any atom is 0.433 e. The van der Waals surface area contributed by atoms with E-state index in [4.69, 9.17) is 0 Å². The van der Waals surface area contributed by atoms with E-state index in [1.165, 1.54) is 17.0 Å². The fraction of sp³-hybridized carbons (Fsp3) is 0.118. The summed E-state index contributed by atoms with van der Waals surface area (Å²) in [5.41, 5.74) is 0.0969. The van der Waals surface area contributed by atoms with E-state index in [0.29, 0.717) is 16.6 Å². The van der Waals surface area contributed by atoms with Gasteiger partial charge in [0.2, 0.25) is 0 Å². The highest BCUT2D eigenvalue weighted by molar-refractivity contribution is 6.01. The minimum Gasteiger partial charge on any atom is -0.340 e. The molecule has 4 rings (SSSR count). The Balaban J connectivity index is 2.23. The third-order valence-corrected chi connectivity index (χ3v) is 4.05. The van der Waals surface area contributed by atoms with Gasteiger partial charge >= 0.3 is 6.18 Å². The zero-order chi connectivity index (χ0) is 17.8. The van der Waals surface area contributed by atoms with Crippen LogP contribution in [0.1, 0.15) is 11.3 Å². The quantitative estimate of drug-likeness (QED) is 0.574. The molecule has 0 aliphatic rings. The van der Waals surface area contributed by atoms with Gasteiger partial charge in [0, 0.05) is 5.39 Å². The van der Waals surface area contributed by atoms with Gasteiger partial charge in [-0.05, 0) is 30.7 Å². The molecule has 3 heterocycles. The van der Waals surface area contributed by atoms with Crippen molar-refractivity contribution < 1.29 is 13.2 Å². The lowest BCUT2D eigenvalue weighted by Gasteiger charge is -2.14. The smallest absolute Gasteiger partial charge is 0.340 e. The molecule has 0 radical (unpaired) electrons. The summed E-state index contributed by atoms with van der Waals surface area (Å²) < 4.78 is 40.5. The number of pyridine rings is 2. The molecule has 0 fully saturated rings. The van der Waals surface area contributed by atoms with Crippen molar-refractivity contribution in [3.05, 3.63) is 64.3 Å². The lowest BCUT2D eigenvalue weighted by atomic mass is 10.1. The number of benzene rings is 1. The van der Waals surface area contributed by atoms with Crippen LogP contribution < -0.4 is 5.56 Å². The molecular formula is C17H11F3N4O. The summed E-state index contributed by atoms with van der Waals surface area (Å²) in [7, 11) is 0. The van der Waals surface area contributed by atoms with Gasteiger partial charge in [0.05, 0.1) is 12.0 Å². The van der Waals surface area contributed by atoms with E-state index in [9.17, 15) is 18.0 Å². The Morgan fingerprint density at radius 3 is 2.60 bits per heavy atom. The fourth-order valence-corrected chi connectivity index (χ4v) is 2.87. The molecule has 5 nitrogen and oxygen atoms in total. The number of alkyl halides is 3. The van der Waals surface area contributed by atoms with E-state index in [0.717, 1.165) is 11.6 Å². The van der Waals surface area contributed by atoms with Gasteiger partial charge in [-0.15, -0.1) is 0 Å². The number of para-hydroxylation sites is 1. The Hall–Kier alpha value is -3.16. The third kappa shape index (κ3) is 2.29. The predicted octanol–water partition coefficient (Wildman–Crippen LogP) is 3.59. The molecule has 0 bridgehead atoms. The van der Waals surface area contributed by atoms with Gasteiger partial charge in [-0.1, -0.05) is 18.2 Å². The standard InChI is InChI=1S/C17H11F3N4O/c1-9-4-2-3-5-11(9)24-15-10(6-7-12(23-15)17(18,19)20)13-14(16(24)25)22-8-21-13/h2-8H,1H3,(H,21,22). The number of aromatic nitrogens is 4. The van der Waals surface area contributed by atoms with Crippen molar-refractivity contribution in [1.29, 1.82) is 0 Å². The summed E-state index contributed by atoms with van der Waals surface area (Å²) in [5.74, 6) is 0. The lowest BCUT2D eigenvalue weighted by Crippen LogP contribution is -2.22. The number of imidazole rings is 1. The van der Waals surface area contributed by atoms with Crippen molar-refractivity contribution in [1.82, 2.24) is 19.5 Å². The summed E-state index contributed by atoms with van der Waals surface area (Å²) in [4.78, 5) is 23.5. The van der Waals surface area contributed by atoms with Crippen LogP contribution in [0.25, 0.3) is 27.8 Å². The number of hydrogen-bond donors (Lipinski definition) is 1. The van der Waals surface area contributed by atoms with Gasteiger partial charge in [0.1, 0.15) is 22.4 Å². The summed E-state index contributed by atoms with van der Waals surface area (Å²) in [6.45, 7) is 1.78. The van der Waals surface area contributed by atoms with E-state index in [-0.39, 0.29) is 11.2 Å². The SMILES string of the molecule is Cc1ccccc1-n1c(=O)c2[nH]cnc2c2ccc(C(F)(F)F)nc21. The van der Waals surface area contributed by atoms with Crippen molar-refractivity contribution >= 4 is 22.1 Å². The molecule has 1 N–H and O–H groups in total. The Kier molecular flexibility index (Phi) is 3.18. The van der Waals surface area contributed by atoms with Crippen molar-refractivity contribution in [2.75, 3.05) is 0 Å². The summed E-state index contributed by atoms with van der Waals surface area (Å²) in [5, 5.41) is 0.368. The molecule has 0 aliphatic heterocycles. The van der Waals surface area contributed by atoms with E-state index < -0.39 is 17.4 Å². The highest BCUT2D eigenvalue weighted by Gasteiger charge is 2.33. The highest BCUT2D eigenvalue weighted by Crippen LogP contribution is 2.30. The van der Waals surface area contributed by atoms with Crippen LogP contribution in [-0.4, -0.2) is 19.5 Å². The fourth-order valence-electron chi connectivity index (χ4n) is 2.87. The first-order valence-electron chi connectivity index (χ1n) is 7.40. The Morgan fingerprint density at radius 2 is 1.88 bits per heavy atom. The number of nitrogens with one attached hydrogen (secondary N) is 1. The molecule has 0 amide bonds. The Morgan fingerprint density at radius 1 is 1.12 bits per heavy atom. The highest BCUT2D eigenvalue weighted by atomic mass is 19.4. The van der Waals surface area contributed by atoms with Gasteiger partial charge in [0.25, 0.3) is 5.56 Å². The average molecular weight is 344 g/mol. The van der Waals surface area contributed by atoms with Crippen LogP contribution in [0.3, 0.4) is 0 Å². The van der Waals surface area contributed by atoms with E-state index in [1.54, 1.807) is 31.2 Å². The number of hydrogen-bond acceptors (Lipinski definition) is 3. The first-order valence-corrected chi connectivity index (χ1v) is 7.40. The summed E-state index contributed by atoms with van der Waals surface area (Å²) in [6.07, 6.45) is -3.27. The average Bonchev–Trinajstić information content (AvgIpc) is 3.05. The molecule has 4 aromatic rings. The maximum atomic E-state index is 13.1. The lowest BCUT2D eigenvalue weighted by molar-refractivity contribution is -0.141. The predicted molar refractivity (Wildman–Crippen MR) is 86.7 cm³/mol. The third-order valence-electron chi connectivity index (χ3n) is 4.05. The van der Waals surface area contributed by atoms with Crippen LogP contribution in [0, 0.1) is 6.92 Å². The van der Waals surface area contributed by atoms with Crippen LogP contribution in [0.5, 0.6) is 0 Å². The molecule has 0 saturated heterocycles. The van der Waals surface area contributed by atoms with Crippen molar-refractivity contribution in [2.45, 2.75) is 13.1 Å². The molecule has 0 saturated carbocycles.